The van der Waals surface area contributed by atoms with E-state index in [1.165, 1.54) is 5.56 Å². The standard InChI is InChI=1S/C17H27NO3S/c1-7-21-22(19,20)13-12-17(5,6)18-15-10-8-14(9-11-15)16(2,3)4/h8-13,18H,7H2,1-6H3/b13-12+. The Bertz CT molecular complexity index is 608. The van der Waals surface area contributed by atoms with Crippen molar-refractivity contribution in [3.05, 3.63) is 41.3 Å². The highest BCUT2D eigenvalue weighted by atomic mass is 32.2. The van der Waals surface area contributed by atoms with Crippen molar-refractivity contribution >= 4 is 15.8 Å². The lowest BCUT2D eigenvalue weighted by Gasteiger charge is -2.25. The van der Waals surface area contributed by atoms with Gasteiger partial charge in [0.15, 0.2) is 0 Å². The Kier molecular flexibility index (Phi) is 5.82. The van der Waals surface area contributed by atoms with Gasteiger partial charge in [0.1, 0.15) is 0 Å². The Morgan fingerprint density at radius 3 is 2.09 bits per heavy atom. The summed E-state index contributed by atoms with van der Waals surface area (Å²) in [4.78, 5) is 0. The fraction of sp³-hybridized carbons (Fsp3) is 0.529. The summed E-state index contributed by atoms with van der Waals surface area (Å²) in [6.07, 6.45) is 1.59. The zero-order chi connectivity index (χ0) is 17.0. The van der Waals surface area contributed by atoms with Crippen molar-refractivity contribution in [3.63, 3.8) is 0 Å². The Morgan fingerprint density at radius 2 is 1.64 bits per heavy atom. The first kappa shape index (κ1) is 18.7. The average molecular weight is 325 g/mol. The van der Waals surface area contributed by atoms with Crippen LogP contribution in [0.3, 0.4) is 0 Å². The second-order valence-corrected chi connectivity index (χ2v) is 8.37. The lowest BCUT2D eigenvalue weighted by Crippen LogP contribution is -2.28. The topological polar surface area (TPSA) is 55.4 Å². The van der Waals surface area contributed by atoms with Gasteiger partial charge in [-0.2, -0.15) is 8.42 Å². The summed E-state index contributed by atoms with van der Waals surface area (Å²) in [5, 5.41) is 4.41. The van der Waals surface area contributed by atoms with Crippen LogP contribution in [-0.2, 0) is 19.7 Å². The fourth-order valence-electron chi connectivity index (χ4n) is 1.92. The minimum atomic E-state index is -3.60. The molecule has 0 saturated carbocycles. The van der Waals surface area contributed by atoms with Crippen LogP contribution in [0.4, 0.5) is 5.69 Å². The van der Waals surface area contributed by atoms with Gasteiger partial charge in [0.05, 0.1) is 17.6 Å². The number of hydrogen-bond acceptors (Lipinski definition) is 4. The van der Waals surface area contributed by atoms with E-state index >= 15 is 0 Å². The Labute approximate surface area is 134 Å². The van der Waals surface area contributed by atoms with E-state index in [2.05, 4.69) is 42.4 Å². The van der Waals surface area contributed by atoms with Crippen LogP contribution >= 0.6 is 0 Å². The zero-order valence-electron chi connectivity index (χ0n) is 14.3. The van der Waals surface area contributed by atoms with Gasteiger partial charge in [-0.1, -0.05) is 32.9 Å². The van der Waals surface area contributed by atoms with Crippen LogP contribution in [0.1, 0.15) is 47.1 Å². The summed E-state index contributed by atoms with van der Waals surface area (Å²) in [5.41, 5.74) is 1.80. The maximum atomic E-state index is 11.5. The minimum absolute atomic E-state index is 0.111. The van der Waals surface area contributed by atoms with Crippen molar-refractivity contribution in [1.29, 1.82) is 0 Å². The molecule has 0 heterocycles. The predicted molar refractivity (Wildman–Crippen MR) is 92.5 cm³/mol. The summed E-state index contributed by atoms with van der Waals surface area (Å²) in [5.74, 6) is 0. The number of rotatable bonds is 6. The Morgan fingerprint density at radius 1 is 1.09 bits per heavy atom. The summed E-state index contributed by atoms with van der Waals surface area (Å²) >= 11 is 0. The molecule has 124 valence electrons. The molecular formula is C17H27NO3S. The quantitative estimate of drug-likeness (QED) is 0.802. The Hall–Kier alpha value is -1.33. The van der Waals surface area contributed by atoms with Gasteiger partial charge in [-0.25, -0.2) is 0 Å². The molecule has 0 bridgehead atoms. The van der Waals surface area contributed by atoms with Crippen LogP contribution < -0.4 is 5.32 Å². The molecule has 0 unspecified atom stereocenters. The molecular weight excluding hydrogens is 298 g/mol. The monoisotopic (exact) mass is 325 g/mol. The van der Waals surface area contributed by atoms with Gasteiger partial charge in [0.25, 0.3) is 10.1 Å². The molecule has 0 aliphatic heterocycles. The first-order chi connectivity index (χ1) is 9.95. The van der Waals surface area contributed by atoms with Crippen LogP contribution in [0, 0.1) is 0 Å². The average Bonchev–Trinajstić information content (AvgIpc) is 2.36. The van der Waals surface area contributed by atoms with Gasteiger partial charge < -0.3 is 5.32 Å². The van der Waals surface area contributed by atoms with Crippen LogP contribution in [-0.4, -0.2) is 20.6 Å². The van der Waals surface area contributed by atoms with Crippen LogP contribution in [0.25, 0.3) is 0 Å². The second-order valence-electron chi connectivity index (χ2n) is 6.88. The van der Waals surface area contributed by atoms with Crippen LogP contribution in [0.5, 0.6) is 0 Å². The van der Waals surface area contributed by atoms with E-state index in [1.54, 1.807) is 13.0 Å². The maximum absolute atomic E-state index is 11.5. The number of anilines is 1. The van der Waals surface area contributed by atoms with Gasteiger partial charge in [0, 0.05) is 5.69 Å². The molecule has 0 radical (unpaired) electrons. The van der Waals surface area contributed by atoms with Crippen molar-refractivity contribution in [3.8, 4) is 0 Å². The van der Waals surface area contributed by atoms with Crippen molar-refractivity contribution < 1.29 is 12.6 Å². The lowest BCUT2D eigenvalue weighted by atomic mass is 9.87. The molecule has 0 amide bonds. The highest BCUT2D eigenvalue weighted by Gasteiger charge is 2.17. The molecule has 0 fully saturated rings. The molecule has 0 atom stereocenters. The molecule has 1 aromatic carbocycles. The Balaban J connectivity index is 2.82. The number of nitrogens with one attached hydrogen (secondary N) is 1. The number of hydrogen-bond donors (Lipinski definition) is 1. The zero-order valence-corrected chi connectivity index (χ0v) is 15.1. The molecule has 0 spiro atoms. The van der Waals surface area contributed by atoms with E-state index in [0.717, 1.165) is 11.1 Å². The van der Waals surface area contributed by atoms with Crippen molar-refractivity contribution in [2.24, 2.45) is 0 Å². The summed E-state index contributed by atoms with van der Waals surface area (Å²) in [7, 11) is -3.60. The molecule has 1 aromatic rings. The summed E-state index contributed by atoms with van der Waals surface area (Å²) < 4.78 is 27.8. The van der Waals surface area contributed by atoms with Gasteiger partial charge in [-0.15, -0.1) is 0 Å². The maximum Gasteiger partial charge on any atom is 0.289 e. The largest absolute Gasteiger partial charge is 0.377 e. The third-order valence-corrected chi connectivity index (χ3v) is 4.18. The second kappa shape index (κ2) is 6.84. The first-order valence-corrected chi connectivity index (χ1v) is 8.90. The molecule has 1 N–H and O–H groups in total. The highest BCUT2D eigenvalue weighted by Crippen LogP contribution is 2.25. The smallest absolute Gasteiger partial charge is 0.289 e. The molecule has 4 nitrogen and oxygen atoms in total. The first-order valence-electron chi connectivity index (χ1n) is 7.42. The normalized spacial score (nSPS) is 13.5. The van der Waals surface area contributed by atoms with E-state index in [9.17, 15) is 8.42 Å². The minimum Gasteiger partial charge on any atom is -0.377 e. The van der Waals surface area contributed by atoms with Gasteiger partial charge in [-0.3, -0.25) is 4.18 Å². The molecule has 0 aromatic heterocycles. The van der Waals surface area contributed by atoms with E-state index < -0.39 is 15.7 Å². The van der Waals surface area contributed by atoms with Gasteiger partial charge >= 0.3 is 0 Å². The van der Waals surface area contributed by atoms with Crippen LogP contribution in [0.15, 0.2) is 35.7 Å². The van der Waals surface area contributed by atoms with Gasteiger partial charge in [-0.05, 0) is 50.0 Å². The van der Waals surface area contributed by atoms with E-state index in [0.29, 0.717) is 0 Å². The van der Waals surface area contributed by atoms with Crippen molar-refractivity contribution in [1.82, 2.24) is 0 Å². The summed E-state index contributed by atoms with van der Waals surface area (Å²) in [6.45, 7) is 12.1. The molecule has 0 saturated heterocycles. The molecule has 22 heavy (non-hydrogen) atoms. The fourth-order valence-corrected chi connectivity index (χ4v) is 2.84. The molecule has 1 rings (SSSR count). The van der Waals surface area contributed by atoms with Crippen molar-refractivity contribution in [2.45, 2.75) is 52.5 Å². The van der Waals surface area contributed by atoms with Crippen molar-refractivity contribution in [2.75, 3.05) is 11.9 Å². The third-order valence-electron chi connectivity index (χ3n) is 3.15. The van der Waals surface area contributed by atoms with Crippen LogP contribution in [0.2, 0.25) is 0 Å². The van der Waals surface area contributed by atoms with E-state index in [4.69, 9.17) is 0 Å². The van der Waals surface area contributed by atoms with E-state index in [1.807, 2.05) is 26.0 Å². The third kappa shape index (κ3) is 6.20. The SMILES string of the molecule is CCOS(=O)(=O)/C=C/C(C)(C)Nc1ccc(C(C)(C)C)cc1. The van der Waals surface area contributed by atoms with Gasteiger partial charge in [0.2, 0.25) is 0 Å². The van der Waals surface area contributed by atoms with E-state index in [-0.39, 0.29) is 12.0 Å². The lowest BCUT2D eigenvalue weighted by molar-refractivity contribution is 0.344. The molecule has 0 aliphatic carbocycles. The highest BCUT2D eigenvalue weighted by molar-refractivity contribution is 7.89. The molecule has 5 heteroatoms. The summed E-state index contributed by atoms with van der Waals surface area (Å²) in [6, 6.07) is 8.18. The number of benzene rings is 1. The predicted octanol–water partition coefficient (Wildman–Crippen LogP) is 4.05. The molecule has 0 aliphatic rings.